The van der Waals surface area contributed by atoms with Crippen LogP contribution in [0.1, 0.15) is 57.8 Å². The van der Waals surface area contributed by atoms with E-state index in [0.29, 0.717) is 25.8 Å². The van der Waals surface area contributed by atoms with Gasteiger partial charge >= 0.3 is 6.18 Å². The summed E-state index contributed by atoms with van der Waals surface area (Å²) in [5.74, 6) is -1.63. The summed E-state index contributed by atoms with van der Waals surface area (Å²) in [5.41, 5.74) is 5.36. The SMILES string of the molecule is NCCCCCCC(=O)NC1CCCCC1C(F)(F)F. The summed E-state index contributed by atoms with van der Waals surface area (Å²) >= 11 is 0. The van der Waals surface area contributed by atoms with E-state index in [4.69, 9.17) is 5.73 Å². The quantitative estimate of drug-likeness (QED) is 0.709. The number of hydrogen-bond donors (Lipinski definition) is 2. The highest BCUT2D eigenvalue weighted by Crippen LogP contribution is 2.37. The highest BCUT2D eigenvalue weighted by Gasteiger charge is 2.45. The Kier molecular flexibility index (Phi) is 7.34. The molecule has 1 aliphatic carbocycles. The molecule has 2 atom stereocenters. The van der Waals surface area contributed by atoms with Crippen LogP contribution in [0, 0.1) is 5.92 Å². The van der Waals surface area contributed by atoms with E-state index in [1.165, 1.54) is 0 Å². The summed E-state index contributed by atoms with van der Waals surface area (Å²) in [4.78, 5) is 11.7. The molecule has 118 valence electrons. The lowest BCUT2D eigenvalue weighted by atomic mass is 9.84. The van der Waals surface area contributed by atoms with Gasteiger partial charge in [0.1, 0.15) is 0 Å². The lowest BCUT2D eigenvalue weighted by Crippen LogP contribution is -2.47. The van der Waals surface area contributed by atoms with E-state index in [0.717, 1.165) is 32.1 Å². The van der Waals surface area contributed by atoms with Crippen LogP contribution in [0.4, 0.5) is 13.2 Å². The number of carbonyl (C=O) groups is 1. The Bertz CT molecular complexity index is 295. The van der Waals surface area contributed by atoms with Crippen molar-refractivity contribution in [3.05, 3.63) is 0 Å². The number of nitrogens with one attached hydrogen (secondary N) is 1. The molecule has 1 amide bonds. The fraction of sp³-hybridized carbons (Fsp3) is 0.929. The maximum atomic E-state index is 12.9. The summed E-state index contributed by atoms with van der Waals surface area (Å²) in [6, 6.07) is -0.736. The maximum Gasteiger partial charge on any atom is 0.393 e. The van der Waals surface area contributed by atoms with E-state index in [-0.39, 0.29) is 12.3 Å². The summed E-state index contributed by atoms with van der Waals surface area (Å²) in [6.07, 6.45) is 1.54. The highest BCUT2D eigenvalue weighted by atomic mass is 19.4. The van der Waals surface area contributed by atoms with Crippen LogP contribution >= 0.6 is 0 Å². The normalized spacial score (nSPS) is 23.6. The van der Waals surface area contributed by atoms with Crippen molar-refractivity contribution < 1.29 is 18.0 Å². The largest absolute Gasteiger partial charge is 0.393 e. The Morgan fingerprint density at radius 3 is 2.40 bits per heavy atom. The lowest BCUT2D eigenvalue weighted by molar-refractivity contribution is -0.189. The van der Waals surface area contributed by atoms with Gasteiger partial charge in [-0.15, -0.1) is 0 Å². The van der Waals surface area contributed by atoms with Gasteiger partial charge in [0.2, 0.25) is 5.91 Å². The number of amides is 1. The molecule has 20 heavy (non-hydrogen) atoms. The Morgan fingerprint density at radius 2 is 1.75 bits per heavy atom. The van der Waals surface area contributed by atoms with Crippen LogP contribution in [0.5, 0.6) is 0 Å². The van der Waals surface area contributed by atoms with Crippen molar-refractivity contribution in [3.8, 4) is 0 Å². The summed E-state index contributed by atoms with van der Waals surface area (Å²) < 4.78 is 38.6. The monoisotopic (exact) mass is 294 g/mol. The van der Waals surface area contributed by atoms with Gasteiger partial charge in [0, 0.05) is 12.5 Å². The average Bonchev–Trinajstić information content (AvgIpc) is 2.38. The zero-order valence-electron chi connectivity index (χ0n) is 11.8. The van der Waals surface area contributed by atoms with Gasteiger partial charge in [-0.2, -0.15) is 13.2 Å². The van der Waals surface area contributed by atoms with Gasteiger partial charge in [-0.25, -0.2) is 0 Å². The van der Waals surface area contributed by atoms with Crippen LogP contribution in [0.3, 0.4) is 0 Å². The Labute approximate surface area is 118 Å². The molecule has 0 saturated heterocycles. The van der Waals surface area contributed by atoms with Gasteiger partial charge < -0.3 is 11.1 Å². The molecule has 0 bridgehead atoms. The predicted octanol–water partition coefficient (Wildman–Crippen LogP) is 3.13. The number of rotatable bonds is 7. The van der Waals surface area contributed by atoms with Crippen LogP contribution in [0.25, 0.3) is 0 Å². The van der Waals surface area contributed by atoms with Crippen molar-refractivity contribution in [3.63, 3.8) is 0 Å². The second-order valence-electron chi connectivity index (χ2n) is 5.56. The van der Waals surface area contributed by atoms with Crippen molar-refractivity contribution in [1.29, 1.82) is 0 Å². The lowest BCUT2D eigenvalue weighted by Gasteiger charge is -2.33. The third-order valence-electron chi connectivity index (χ3n) is 3.89. The summed E-state index contributed by atoms with van der Waals surface area (Å²) in [5, 5.41) is 2.58. The van der Waals surface area contributed by atoms with Crippen LogP contribution in [0.15, 0.2) is 0 Å². The van der Waals surface area contributed by atoms with E-state index in [1.54, 1.807) is 0 Å². The minimum atomic E-state index is -4.21. The number of carbonyl (C=O) groups excluding carboxylic acids is 1. The van der Waals surface area contributed by atoms with Gasteiger partial charge in [-0.1, -0.05) is 25.7 Å². The molecule has 0 aliphatic heterocycles. The fourth-order valence-electron chi connectivity index (χ4n) is 2.76. The number of hydrogen-bond acceptors (Lipinski definition) is 2. The Hall–Kier alpha value is -0.780. The fourth-order valence-corrected chi connectivity index (χ4v) is 2.76. The summed E-state index contributed by atoms with van der Waals surface area (Å²) in [7, 11) is 0. The predicted molar refractivity (Wildman–Crippen MR) is 72.1 cm³/mol. The first-order chi connectivity index (χ1) is 9.45. The molecule has 0 radical (unpaired) electrons. The zero-order chi connectivity index (χ0) is 15.0. The van der Waals surface area contributed by atoms with E-state index in [2.05, 4.69) is 5.32 Å². The number of unbranched alkanes of at least 4 members (excludes halogenated alkanes) is 3. The third kappa shape index (κ3) is 6.11. The number of nitrogens with two attached hydrogens (primary N) is 1. The minimum absolute atomic E-state index is 0.130. The topological polar surface area (TPSA) is 55.1 Å². The third-order valence-corrected chi connectivity index (χ3v) is 3.89. The van der Waals surface area contributed by atoms with Crippen LogP contribution < -0.4 is 11.1 Å². The Morgan fingerprint density at radius 1 is 1.10 bits per heavy atom. The summed E-state index contributed by atoms with van der Waals surface area (Å²) in [6.45, 7) is 0.640. The molecule has 6 heteroatoms. The standard InChI is InChI=1S/C14H25F3N2O/c15-14(16,17)11-7-4-5-8-12(11)19-13(20)9-3-1-2-6-10-18/h11-12H,1-10,18H2,(H,19,20). The molecular weight excluding hydrogens is 269 g/mol. The van der Waals surface area contributed by atoms with Crippen molar-refractivity contribution in [2.75, 3.05) is 6.54 Å². The molecule has 3 N–H and O–H groups in total. The van der Waals surface area contributed by atoms with Crippen LogP contribution in [0.2, 0.25) is 0 Å². The van der Waals surface area contributed by atoms with Gasteiger partial charge in [-0.05, 0) is 32.2 Å². The van der Waals surface area contributed by atoms with Crippen LogP contribution in [-0.2, 0) is 4.79 Å². The number of halogens is 3. The maximum absolute atomic E-state index is 12.9. The first-order valence-electron chi connectivity index (χ1n) is 7.51. The molecule has 0 aromatic carbocycles. The van der Waals surface area contributed by atoms with E-state index >= 15 is 0 Å². The van der Waals surface area contributed by atoms with Crippen LogP contribution in [-0.4, -0.2) is 24.7 Å². The molecule has 3 nitrogen and oxygen atoms in total. The molecule has 2 unspecified atom stereocenters. The zero-order valence-corrected chi connectivity index (χ0v) is 11.8. The van der Waals surface area contributed by atoms with Gasteiger partial charge in [0.25, 0.3) is 0 Å². The Balaban J connectivity index is 2.31. The molecule has 1 aliphatic rings. The second-order valence-corrected chi connectivity index (χ2v) is 5.56. The van der Waals surface area contributed by atoms with Gasteiger partial charge in [0.05, 0.1) is 5.92 Å². The molecular formula is C14H25F3N2O. The molecule has 0 spiro atoms. The van der Waals surface area contributed by atoms with E-state index in [1.807, 2.05) is 0 Å². The van der Waals surface area contributed by atoms with Crippen molar-refractivity contribution >= 4 is 5.91 Å². The minimum Gasteiger partial charge on any atom is -0.353 e. The first kappa shape index (κ1) is 17.3. The van der Waals surface area contributed by atoms with Crippen molar-refractivity contribution in [2.45, 2.75) is 70.0 Å². The molecule has 0 aromatic rings. The molecule has 0 heterocycles. The molecule has 1 saturated carbocycles. The molecule has 0 aromatic heterocycles. The van der Waals surface area contributed by atoms with Gasteiger partial charge in [0.15, 0.2) is 0 Å². The van der Waals surface area contributed by atoms with Gasteiger partial charge in [-0.3, -0.25) is 4.79 Å². The molecule has 1 rings (SSSR count). The second kappa shape index (κ2) is 8.49. The first-order valence-corrected chi connectivity index (χ1v) is 7.51. The highest BCUT2D eigenvalue weighted by molar-refractivity contribution is 5.76. The smallest absolute Gasteiger partial charge is 0.353 e. The van der Waals surface area contributed by atoms with Crippen molar-refractivity contribution in [2.24, 2.45) is 11.7 Å². The van der Waals surface area contributed by atoms with E-state index < -0.39 is 18.1 Å². The van der Waals surface area contributed by atoms with Crippen molar-refractivity contribution in [1.82, 2.24) is 5.32 Å². The van der Waals surface area contributed by atoms with E-state index in [9.17, 15) is 18.0 Å². The molecule has 1 fully saturated rings. The average molecular weight is 294 g/mol. The number of alkyl halides is 3.